The van der Waals surface area contributed by atoms with Crippen molar-refractivity contribution in [2.24, 2.45) is 0 Å². The van der Waals surface area contributed by atoms with E-state index in [1.54, 1.807) is 7.11 Å². The number of rotatable bonds is 7. The third-order valence-electron chi connectivity index (χ3n) is 3.19. The fourth-order valence-electron chi connectivity index (χ4n) is 1.83. The summed E-state index contributed by atoms with van der Waals surface area (Å²) in [5, 5.41) is 0. The van der Waals surface area contributed by atoms with Gasteiger partial charge in [0, 0.05) is 31.7 Å². The summed E-state index contributed by atoms with van der Waals surface area (Å²) < 4.78 is 5.11. The summed E-state index contributed by atoms with van der Waals surface area (Å²) in [7, 11) is 3.72. The van der Waals surface area contributed by atoms with Gasteiger partial charge < -0.3 is 9.64 Å². The van der Waals surface area contributed by atoms with E-state index < -0.39 is 0 Å². The van der Waals surface area contributed by atoms with Gasteiger partial charge in [-0.2, -0.15) is 0 Å². The van der Waals surface area contributed by atoms with Crippen LogP contribution in [-0.2, 0) is 4.74 Å². The molecule has 0 aliphatic heterocycles. The normalized spacial score (nSPS) is 12.7. The van der Waals surface area contributed by atoms with Crippen LogP contribution in [0.1, 0.15) is 29.3 Å². The van der Waals surface area contributed by atoms with Gasteiger partial charge in [0.15, 0.2) is 5.78 Å². The molecule has 3 heteroatoms. The lowest BCUT2D eigenvalue weighted by Gasteiger charge is -2.23. The van der Waals surface area contributed by atoms with E-state index >= 15 is 0 Å². The van der Waals surface area contributed by atoms with Gasteiger partial charge in [0.2, 0.25) is 0 Å². The molecule has 0 aromatic heterocycles. The number of carbonyl (C=O) groups excluding carboxylic acids is 1. The molecule has 0 N–H and O–H groups in total. The van der Waals surface area contributed by atoms with Gasteiger partial charge in [-0.3, -0.25) is 4.79 Å². The summed E-state index contributed by atoms with van der Waals surface area (Å²) >= 11 is 0. The van der Waals surface area contributed by atoms with E-state index in [4.69, 9.17) is 4.74 Å². The Bertz CT molecular complexity index is 390. The molecule has 1 atom stereocenters. The van der Waals surface area contributed by atoms with Crippen LogP contribution in [0.4, 0.5) is 0 Å². The number of benzene rings is 1. The number of likely N-dealkylation sites (N-methyl/N-ethyl adjacent to an activating group) is 1. The molecule has 0 saturated carbocycles. The molecule has 100 valence electrons. The average molecular weight is 249 g/mol. The van der Waals surface area contributed by atoms with Crippen LogP contribution < -0.4 is 0 Å². The van der Waals surface area contributed by atoms with E-state index in [0.717, 1.165) is 17.7 Å². The van der Waals surface area contributed by atoms with Crippen molar-refractivity contribution in [1.29, 1.82) is 0 Å². The first kappa shape index (κ1) is 14.9. The number of carbonyl (C=O) groups is 1. The first-order valence-electron chi connectivity index (χ1n) is 6.33. The Morgan fingerprint density at radius 1 is 1.44 bits per heavy atom. The molecule has 0 spiro atoms. The average Bonchev–Trinajstić information content (AvgIpc) is 2.35. The highest BCUT2D eigenvalue weighted by molar-refractivity contribution is 5.96. The van der Waals surface area contributed by atoms with Gasteiger partial charge >= 0.3 is 0 Å². The predicted molar refractivity (Wildman–Crippen MR) is 74.1 cm³/mol. The van der Waals surface area contributed by atoms with Crippen LogP contribution in [-0.4, -0.2) is 44.0 Å². The Morgan fingerprint density at radius 2 is 2.17 bits per heavy atom. The summed E-state index contributed by atoms with van der Waals surface area (Å²) in [5.74, 6) is 0.204. The summed E-state index contributed by atoms with van der Waals surface area (Å²) in [4.78, 5) is 14.2. The minimum absolute atomic E-state index is 0.204. The molecule has 0 bridgehead atoms. The van der Waals surface area contributed by atoms with Crippen LogP contribution in [0.5, 0.6) is 0 Å². The second kappa shape index (κ2) is 7.29. The van der Waals surface area contributed by atoms with Crippen LogP contribution in [0, 0.1) is 6.92 Å². The number of nitrogens with zero attached hydrogens (tertiary/aromatic N) is 1. The molecule has 1 unspecified atom stereocenters. The van der Waals surface area contributed by atoms with Crippen molar-refractivity contribution in [3.63, 3.8) is 0 Å². The van der Waals surface area contributed by atoms with Crippen molar-refractivity contribution in [3.8, 4) is 0 Å². The standard InChI is InChI=1S/C15H23NO2/c1-12-6-5-7-14(10-12)15(17)8-9-16(3)13(2)11-18-4/h5-7,10,13H,8-9,11H2,1-4H3. The van der Waals surface area contributed by atoms with E-state index in [1.165, 1.54) is 0 Å². The Labute approximate surface area is 110 Å². The lowest BCUT2D eigenvalue weighted by Crippen LogP contribution is -2.34. The highest BCUT2D eigenvalue weighted by atomic mass is 16.5. The summed E-state index contributed by atoms with van der Waals surface area (Å²) in [5.41, 5.74) is 1.93. The maximum absolute atomic E-state index is 12.0. The zero-order valence-electron chi connectivity index (χ0n) is 11.8. The molecule has 0 amide bonds. The molecular weight excluding hydrogens is 226 g/mol. The molecule has 1 aromatic rings. The maximum atomic E-state index is 12.0. The highest BCUT2D eigenvalue weighted by Crippen LogP contribution is 2.08. The molecule has 1 rings (SSSR count). The van der Waals surface area contributed by atoms with Crippen LogP contribution >= 0.6 is 0 Å². The number of aryl methyl sites for hydroxylation is 1. The lowest BCUT2D eigenvalue weighted by molar-refractivity contribution is 0.0916. The first-order valence-corrected chi connectivity index (χ1v) is 6.33. The maximum Gasteiger partial charge on any atom is 0.164 e. The molecule has 0 aliphatic rings. The fourth-order valence-corrected chi connectivity index (χ4v) is 1.83. The second-order valence-corrected chi connectivity index (χ2v) is 4.83. The number of hydrogen-bond donors (Lipinski definition) is 0. The van der Waals surface area contributed by atoms with Gasteiger partial charge in [-0.15, -0.1) is 0 Å². The molecule has 0 saturated heterocycles. The number of Topliss-reactive ketones (excluding diaryl/α,β-unsaturated/α-hetero) is 1. The number of ketones is 1. The summed E-state index contributed by atoms with van der Waals surface area (Å²) in [6.07, 6.45) is 0.550. The van der Waals surface area contributed by atoms with Crippen molar-refractivity contribution in [2.45, 2.75) is 26.3 Å². The minimum atomic E-state index is 0.204. The van der Waals surface area contributed by atoms with Gasteiger partial charge in [-0.25, -0.2) is 0 Å². The second-order valence-electron chi connectivity index (χ2n) is 4.83. The van der Waals surface area contributed by atoms with Gasteiger partial charge in [-0.1, -0.05) is 23.8 Å². The summed E-state index contributed by atoms with van der Waals surface area (Å²) in [6.45, 7) is 5.55. The van der Waals surface area contributed by atoms with Crippen molar-refractivity contribution in [3.05, 3.63) is 35.4 Å². The van der Waals surface area contributed by atoms with Crippen molar-refractivity contribution < 1.29 is 9.53 Å². The smallest absolute Gasteiger partial charge is 0.164 e. The monoisotopic (exact) mass is 249 g/mol. The van der Waals surface area contributed by atoms with Gasteiger partial charge in [0.05, 0.1) is 6.61 Å². The van der Waals surface area contributed by atoms with Gasteiger partial charge in [-0.05, 0) is 27.0 Å². The van der Waals surface area contributed by atoms with E-state index in [0.29, 0.717) is 19.1 Å². The van der Waals surface area contributed by atoms with Crippen LogP contribution in [0.3, 0.4) is 0 Å². The zero-order valence-corrected chi connectivity index (χ0v) is 11.8. The third-order valence-corrected chi connectivity index (χ3v) is 3.19. The zero-order chi connectivity index (χ0) is 13.5. The van der Waals surface area contributed by atoms with Crippen LogP contribution in [0.15, 0.2) is 24.3 Å². The van der Waals surface area contributed by atoms with Crippen LogP contribution in [0.2, 0.25) is 0 Å². The Morgan fingerprint density at radius 3 is 2.78 bits per heavy atom. The van der Waals surface area contributed by atoms with Gasteiger partial charge in [0.25, 0.3) is 0 Å². The Hall–Kier alpha value is -1.19. The first-order chi connectivity index (χ1) is 8.54. The molecular formula is C15H23NO2. The number of ether oxygens (including phenoxy) is 1. The molecule has 0 radical (unpaired) electrons. The van der Waals surface area contributed by atoms with E-state index in [2.05, 4.69) is 11.8 Å². The molecule has 18 heavy (non-hydrogen) atoms. The molecule has 0 fully saturated rings. The Balaban J connectivity index is 2.46. The highest BCUT2D eigenvalue weighted by Gasteiger charge is 2.11. The quantitative estimate of drug-likeness (QED) is 0.695. The molecule has 1 aromatic carbocycles. The Kier molecular flexibility index (Phi) is 6.02. The lowest BCUT2D eigenvalue weighted by atomic mass is 10.1. The van der Waals surface area contributed by atoms with Gasteiger partial charge in [0.1, 0.15) is 0 Å². The topological polar surface area (TPSA) is 29.5 Å². The van der Waals surface area contributed by atoms with Crippen molar-refractivity contribution >= 4 is 5.78 Å². The minimum Gasteiger partial charge on any atom is -0.383 e. The molecule has 3 nitrogen and oxygen atoms in total. The largest absolute Gasteiger partial charge is 0.383 e. The van der Waals surface area contributed by atoms with E-state index in [-0.39, 0.29) is 5.78 Å². The fraction of sp³-hybridized carbons (Fsp3) is 0.533. The number of hydrogen-bond acceptors (Lipinski definition) is 3. The van der Waals surface area contributed by atoms with E-state index in [1.807, 2.05) is 38.2 Å². The molecule has 0 heterocycles. The SMILES string of the molecule is COCC(C)N(C)CCC(=O)c1cccc(C)c1. The third kappa shape index (κ3) is 4.59. The predicted octanol–water partition coefficient (Wildman–Crippen LogP) is 2.53. The molecule has 0 aliphatic carbocycles. The van der Waals surface area contributed by atoms with E-state index in [9.17, 15) is 4.79 Å². The van der Waals surface area contributed by atoms with Crippen LogP contribution in [0.25, 0.3) is 0 Å². The van der Waals surface area contributed by atoms with Crippen molar-refractivity contribution in [2.75, 3.05) is 27.3 Å². The summed E-state index contributed by atoms with van der Waals surface area (Å²) in [6, 6.07) is 8.10. The number of methoxy groups -OCH3 is 1. The van der Waals surface area contributed by atoms with Crippen molar-refractivity contribution in [1.82, 2.24) is 4.90 Å².